The molecule has 0 atom stereocenters. The Morgan fingerprint density at radius 2 is 2.05 bits per heavy atom. The molecule has 1 aliphatic carbocycles. The van der Waals surface area contributed by atoms with Gasteiger partial charge in [0.15, 0.2) is 0 Å². The van der Waals surface area contributed by atoms with Crippen molar-refractivity contribution in [3.63, 3.8) is 0 Å². The van der Waals surface area contributed by atoms with Gasteiger partial charge in [-0.1, -0.05) is 26.7 Å². The van der Waals surface area contributed by atoms with Crippen molar-refractivity contribution in [2.45, 2.75) is 63.4 Å². The lowest BCUT2D eigenvalue weighted by molar-refractivity contribution is 0.798. The Hall–Kier alpha value is -0.770. The third-order valence-electron chi connectivity index (χ3n) is 3.49. The van der Waals surface area contributed by atoms with Crippen LogP contribution in [0.1, 0.15) is 63.9 Å². The van der Waals surface area contributed by atoms with E-state index in [9.17, 15) is 0 Å². The normalized spacial score (nSPS) is 16.2. The number of rotatable bonds is 6. The summed E-state index contributed by atoms with van der Waals surface area (Å²) < 4.78 is 0. The van der Waals surface area contributed by atoms with E-state index in [4.69, 9.17) is 4.98 Å². The molecular weight excluding hydrogens is 254 g/mol. The van der Waals surface area contributed by atoms with Crippen molar-refractivity contribution >= 4 is 17.6 Å². The molecule has 1 fully saturated rings. The summed E-state index contributed by atoms with van der Waals surface area (Å²) in [5, 5.41) is 4.14. The molecule has 2 rings (SSSR count). The monoisotopic (exact) mass is 279 g/mol. The summed E-state index contributed by atoms with van der Waals surface area (Å²) in [6.45, 7) is 7.38. The first-order valence-electron chi connectivity index (χ1n) is 7.42. The van der Waals surface area contributed by atoms with E-state index in [0.717, 1.165) is 34.9 Å². The second-order valence-corrected chi connectivity index (χ2v) is 6.79. The highest BCUT2D eigenvalue weighted by molar-refractivity contribution is 7.99. The Labute approximate surface area is 121 Å². The van der Waals surface area contributed by atoms with Gasteiger partial charge in [0.1, 0.15) is 11.6 Å². The van der Waals surface area contributed by atoms with Gasteiger partial charge in [-0.05, 0) is 25.7 Å². The summed E-state index contributed by atoms with van der Waals surface area (Å²) >= 11 is 2.03. The quantitative estimate of drug-likeness (QED) is 0.846. The first kappa shape index (κ1) is 14.6. The van der Waals surface area contributed by atoms with Gasteiger partial charge < -0.3 is 5.32 Å². The molecule has 1 aromatic heterocycles. The van der Waals surface area contributed by atoms with Crippen LogP contribution in [0.15, 0.2) is 6.07 Å². The molecule has 1 heterocycles. The van der Waals surface area contributed by atoms with E-state index in [2.05, 4.69) is 37.1 Å². The molecule has 106 valence electrons. The Morgan fingerprint density at radius 3 is 2.68 bits per heavy atom. The number of nitrogens with one attached hydrogen (secondary N) is 1. The minimum Gasteiger partial charge on any atom is -0.370 e. The summed E-state index contributed by atoms with van der Waals surface area (Å²) in [6, 6.07) is 2.08. The Balaban J connectivity index is 2.04. The fourth-order valence-corrected chi connectivity index (χ4v) is 3.58. The molecule has 0 bridgehead atoms. The van der Waals surface area contributed by atoms with Crippen molar-refractivity contribution in [1.82, 2.24) is 9.97 Å². The van der Waals surface area contributed by atoms with Crippen LogP contribution in [0.4, 0.5) is 5.82 Å². The van der Waals surface area contributed by atoms with Crippen LogP contribution in [0, 0.1) is 0 Å². The minimum absolute atomic E-state index is 0.454. The van der Waals surface area contributed by atoms with E-state index >= 15 is 0 Å². The van der Waals surface area contributed by atoms with E-state index in [-0.39, 0.29) is 0 Å². The molecule has 0 radical (unpaired) electrons. The van der Waals surface area contributed by atoms with Crippen molar-refractivity contribution in [2.24, 2.45) is 0 Å². The molecule has 19 heavy (non-hydrogen) atoms. The molecule has 1 N–H and O–H groups in total. The van der Waals surface area contributed by atoms with Gasteiger partial charge in [0, 0.05) is 23.6 Å². The van der Waals surface area contributed by atoms with Crippen molar-refractivity contribution in [3.05, 3.63) is 17.6 Å². The summed E-state index contributed by atoms with van der Waals surface area (Å²) in [6.07, 6.45) is 5.53. The van der Waals surface area contributed by atoms with Crippen LogP contribution >= 0.6 is 11.8 Å². The van der Waals surface area contributed by atoms with Crippen molar-refractivity contribution in [1.29, 1.82) is 0 Å². The number of thioether (sulfide) groups is 1. The molecular formula is C15H25N3S. The maximum Gasteiger partial charge on any atom is 0.140 e. The zero-order valence-corrected chi connectivity index (χ0v) is 13.1. The predicted octanol–water partition coefficient (Wildman–Crippen LogP) is 4.21. The molecule has 4 heteroatoms. The molecule has 1 aromatic rings. The van der Waals surface area contributed by atoms with Gasteiger partial charge in [-0.3, -0.25) is 0 Å². The van der Waals surface area contributed by atoms with Crippen LogP contribution in [0.3, 0.4) is 0 Å². The van der Waals surface area contributed by atoms with Gasteiger partial charge in [0.2, 0.25) is 0 Å². The van der Waals surface area contributed by atoms with Gasteiger partial charge in [0.05, 0.1) is 5.75 Å². The fourth-order valence-electron chi connectivity index (χ4n) is 2.40. The smallest absolute Gasteiger partial charge is 0.140 e. The van der Waals surface area contributed by atoms with Gasteiger partial charge in [-0.2, -0.15) is 11.8 Å². The van der Waals surface area contributed by atoms with Crippen LogP contribution in [-0.2, 0) is 5.75 Å². The van der Waals surface area contributed by atoms with Crippen LogP contribution < -0.4 is 5.32 Å². The fraction of sp³-hybridized carbons (Fsp3) is 0.733. The molecule has 0 unspecified atom stereocenters. The van der Waals surface area contributed by atoms with Crippen molar-refractivity contribution in [3.8, 4) is 0 Å². The summed E-state index contributed by atoms with van der Waals surface area (Å²) in [4.78, 5) is 9.33. The number of hydrogen-bond acceptors (Lipinski definition) is 4. The number of anilines is 1. The van der Waals surface area contributed by atoms with Crippen molar-refractivity contribution in [2.75, 3.05) is 11.9 Å². The maximum absolute atomic E-state index is 4.70. The molecule has 0 aromatic carbocycles. The molecule has 1 aliphatic rings. The van der Waals surface area contributed by atoms with Gasteiger partial charge in [-0.25, -0.2) is 9.97 Å². The Bertz CT molecular complexity index is 400. The van der Waals surface area contributed by atoms with Gasteiger partial charge in [0.25, 0.3) is 0 Å². The standard InChI is InChI=1S/C15H25N3S/c1-4-16-14-9-13(11(2)3)17-15(18-14)10-19-12-7-5-6-8-12/h9,11-12H,4-8,10H2,1-3H3,(H,16,17,18). The zero-order valence-electron chi connectivity index (χ0n) is 12.3. The Morgan fingerprint density at radius 1 is 1.32 bits per heavy atom. The molecule has 1 saturated carbocycles. The van der Waals surface area contributed by atoms with Crippen LogP contribution in [-0.4, -0.2) is 21.8 Å². The third-order valence-corrected chi connectivity index (χ3v) is 4.86. The number of hydrogen-bond donors (Lipinski definition) is 1. The van der Waals surface area contributed by atoms with Gasteiger partial charge >= 0.3 is 0 Å². The molecule has 0 saturated heterocycles. The second-order valence-electron chi connectivity index (χ2n) is 5.50. The lowest BCUT2D eigenvalue weighted by Crippen LogP contribution is -2.07. The minimum atomic E-state index is 0.454. The lowest BCUT2D eigenvalue weighted by atomic mass is 10.1. The average Bonchev–Trinajstić information content (AvgIpc) is 2.89. The molecule has 0 aliphatic heterocycles. The van der Waals surface area contributed by atoms with Crippen LogP contribution in [0.25, 0.3) is 0 Å². The highest BCUT2D eigenvalue weighted by Crippen LogP contribution is 2.31. The summed E-state index contributed by atoms with van der Waals surface area (Å²) in [5.74, 6) is 3.36. The first-order valence-corrected chi connectivity index (χ1v) is 8.47. The highest BCUT2D eigenvalue weighted by Gasteiger charge is 2.16. The third kappa shape index (κ3) is 4.37. The van der Waals surface area contributed by atoms with Crippen LogP contribution in [0.5, 0.6) is 0 Å². The Kier molecular flexibility index (Phi) is 5.49. The summed E-state index contributed by atoms with van der Waals surface area (Å²) in [7, 11) is 0. The highest BCUT2D eigenvalue weighted by atomic mass is 32.2. The molecule has 3 nitrogen and oxygen atoms in total. The first-order chi connectivity index (χ1) is 9.19. The average molecular weight is 279 g/mol. The van der Waals surface area contributed by atoms with E-state index < -0.39 is 0 Å². The van der Waals surface area contributed by atoms with Crippen LogP contribution in [0.2, 0.25) is 0 Å². The largest absolute Gasteiger partial charge is 0.370 e. The van der Waals surface area contributed by atoms with E-state index in [0.29, 0.717) is 5.92 Å². The number of aromatic nitrogens is 2. The van der Waals surface area contributed by atoms with E-state index in [1.165, 1.54) is 25.7 Å². The second kappa shape index (κ2) is 7.13. The van der Waals surface area contributed by atoms with Crippen molar-refractivity contribution < 1.29 is 0 Å². The SMILES string of the molecule is CCNc1cc(C(C)C)nc(CSC2CCCC2)n1. The number of nitrogens with zero attached hydrogens (tertiary/aromatic N) is 2. The predicted molar refractivity (Wildman–Crippen MR) is 83.8 cm³/mol. The lowest BCUT2D eigenvalue weighted by Gasteiger charge is -2.12. The topological polar surface area (TPSA) is 37.8 Å². The maximum atomic E-state index is 4.70. The molecule has 0 amide bonds. The van der Waals surface area contributed by atoms with E-state index in [1.54, 1.807) is 0 Å². The zero-order chi connectivity index (χ0) is 13.7. The van der Waals surface area contributed by atoms with E-state index in [1.807, 2.05) is 11.8 Å². The summed E-state index contributed by atoms with van der Waals surface area (Å²) in [5.41, 5.74) is 1.15. The molecule has 0 spiro atoms. The van der Waals surface area contributed by atoms with Gasteiger partial charge in [-0.15, -0.1) is 0 Å².